The lowest BCUT2D eigenvalue weighted by Gasteiger charge is -2.30. The van der Waals surface area contributed by atoms with E-state index in [1.165, 1.54) is 0 Å². The Labute approximate surface area is 169 Å². The van der Waals surface area contributed by atoms with Crippen LogP contribution in [0.2, 0.25) is 0 Å². The van der Waals surface area contributed by atoms with Crippen LogP contribution in [-0.4, -0.2) is 44.5 Å². The molecule has 0 bridgehead atoms. The summed E-state index contributed by atoms with van der Waals surface area (Å²) in [6.45, 7) is 10.3. The minimum atomic E-state index is -0.736. The normalized spacial score (nSPS) is 19.7. The highest BCUT2D eigenvalue weighted by atomic mass is 35.5. The molecule has 0 atom stereocenters. The first-order chi connectivity index (χ1) is 11.7. The van der Waals surface area contributed by atoms with Gasteiger partial charge in [0.25, 0.3) is 23.6 Å². The fourth-order valence-electron chi connectivity index (χ4n) is 2.41. The third kappa shape index (κ3) is 3.56. The molecule has 2 aliphatic rings. The number of carbonyl (C=O) groups is 4. The van der Waals surface area contributed by atoms with Crippen molar-refractivity contribution < 1.29 is 19.2 Å². The Bertz CT molecular complexity index is 725. The molecule has 0 radical (unpaired) electrons. The maximum Gasteiger partial charge on any atom is 0.274 e. The van der Waals surface area contributed by atoms with Crippen molar-refractivity contribution in [1.29, 1.82) is 0 Å². The molecule has 6 nitrogen and oxygen atoms in total. The van der Waals surface area contributed by atoms with Crippen LogP contribution >= 0.6 is 44.8 Å². The van der Waals surface area contributed by atoms with Crippen molar-refractivity contribution >= 4 is 68.4 Å². The van der Waals surface area contributed by atoms with Crippen molar-refractivity contribution in [3.8, 4) is 0 Å². The van der Waals surface area contributed by atoms with E-state index in [4.69, 9.17) is 23.2 Å². The maximum atomic E-state index is 12.5. The van der Waals surface area contributed by atoms with Crippen molar-refractivity contribution in [2.75, 3.05) is 0 Å². The van der Waals surface area contributed by atoms with E-state index in [1.807, 2.05) is 0 Å². The second kappa shape index (κ2) is 6.89. The van der Waals surface area contributed by atoms with Crippen LogP contribution in [0.5, 0.6) is 0 Å². The molecule has 0 saturated carbocycles. The Morgan fingerprint density at radius 2 is 0.885 bits per heavy atom. The number of hydrogen-bond donors (Lipinski definition) is 0. The van der Waals surface area contributed by atoms with Gasteiger partial charge < -0.3 is 0 Å². The molecule has 0 fully saturated rings. The van der Waals surface area contributed by atoms with Crippen LogP contribution in [0, 0.1) is 0 Å². The Morgan fingerprint density at radius 3 is 1.08 bits per heavy atom. The van der Waals surface area contributed by atoms with Gasteiger partial charge in [0.05, 0.1) is 0 Å². The van der Waals surface area contributed by atoms with Gasteiger partial charge in [-0.3, -0.25) is 29.0 Å². The van der Waals surface area contributed by atoms with E-state index in [0.717, 1.165) is 31.4 Å². The number of nitrogens with zero attached hydrogens (tertiary/aromatic N) is 2. The van der Waals surface area contributed by atoms with Crippen LogP contribution in [0.25, 0.3) is 0 Å². The van der Waals surface area contributed by atoms with Crippen molar-refractivity contribution in [3.05, 3.63) is 19.9 Å². The van der Waals surface area contributed by atoms with E-state index in [1.54, 1.807) is 41.5 Å². The molecule has 142 valence electrons. The molecule has 4 amide bonds. The van der Waals surface area contributed by atoms with Crippen LogP contribution in [0.1, 0.15) is 41.5 Å². The number of halogens is 2. The highest BCUT2D eigenvalue weighted by Gasteiger charge is 2.46. The molecule has 0 N–H and O–H groups in total. The summed E-state index contributed by atoms with van der Waals surface area (Å²) < 4.78 is 0. The Kier molecular flexibility index (Phi) is 5.65. The molecule has 0 unspecified atom stereocenters. The second-order valence-electron chi connectivity index (χ2n) is 7.69. The predicted octanol–water partition coefficient (Wildman–Crippen LogP) is 3.60. The standard InChI is InChI=1S/C16H18Cl2N2O4S2/c1-15(2,3)19-11(21)7(17)9(13(19)23)25-26-10-8(18)12(22)20(14(10)24)16(4,5)6/h1-6H3. The summed E-state index contributed by atoms with van der Waals surface area (Å²) in [6, 6.07) is 0. The molecular weight excluding hydrogens is 419 g/mol. The smallest absolute Gasteiger partial charge is 0.268 e. The van der Waals surface area contributed by atoms with Gasteiger partial charge in [0, 0.05) is 11.1 Å². The monoisotopic (exact) mass is 436 g/mol. The largest absolute Gasteiger partial charge is 0.274 e. The van der Waals surface area contributed by atoms with E-state index in [2.05, 4.69) is 0 Å². The van der Waals surface area contributed by atoms with Gasteiger partial charge in [-0.1, -0.05) is 23.2 Å². The Hall–Kier alpha value is -0.960. The summed E-state index contributed by atoms with van der Waals surface area (Å²) >= 11 is 12.1. The summed E-state index contributed by atoms with van der Waals surface area (Å²) in [7, 11) is 1.71. The fourth-order valence-corrected chi connectivity index (χ4v) is 5.49. The molecule has 0 aliphatic carbocycles. The van der Waals surface area contributed by atoms with Gasteiger partial charge >= 0.3 is 0 Å². The molecule has 26 heavy (non-hydrogen) atoms. The lowest BCUT2D eigenvalue weighted by molar-refractivity contribution is -0.144. The summed E-state index contributed by atoms with van der Waals surface area (Å²) in [5.74, 6) is -2.24. The van der Waals surface area contributed by atoms with E-state index in [-0.39, 0.29) is 19.9 Å². The zero-order valence-electron chi connectivity index (χ0n) is 15.1. The first-order valence-corrected chi connectivity index (χ1v) is 10.5. The second-order valence-corrected chi connectivity index (χ2v) is 10.6. The minimum absolute atomic E-state index is 0.0167. The molecule has 0 spiro atoms. The first kappa shape index (κ1) is 21.3. The molecular formula is C16H18Cl2N2O4S2. The molecule has 0 aromatic heterocycles. The SMILES string of the molecule is CC(C)(C)N1C(=O)C(Cl)=C(SSC2=C(Cl)C(=O)N(C(C)(C)C)C2=O)C1=O. The lowest BCUT2D eigenvalue weighted by atomic mass is 10.1. The predicted molar refractivity (Wildman–Crippen MR) is 104 cm³/mol. The molecule has 10 heteroatoms. The van der Waals surface area contributed by atoms with Gasteiger partial charge in [0.15, 0.2) is 0 Å². The Balaban J connectivity index is 2.24. The third-order valence-corrected chi connectivity index (χ3v) is 6.87. The first-order valence-electron chi connectivity index (χ1n) is 7.61. The highest BCUT2D eigenvalue weighted by molar-refractivity contribution is 8.80. The van der Waals surface area contributed by atoms with Gasteiger partial charge in [-0.05, 0) is 63.1 Å². The topological polar surface area (TPSA) is 74.8 Å². The molecule has 2 heterocycles. The number of imide groups is 2. The van der Waals surface area contributed by atoms with E-state index < -0.39 is 34.7 Å². The molecule has 0 aromatic rings. The van der Waals surface area contributed by atoms with Gasteiger partial charge in [0.2, 0.25) is 0 Å². The summed E-state index contributed by atoms with van der Waals surface area (Å²) in [6.07, 6.45) is 0. The van der Waals surface area contributed by atoms with E-state index in [0.29, 0.717) is 0 Å². The zero-order valence-corrected chi connectivity index (χ0v) is 18.2. The maximum absolute atomic E-state index is 12.5. The van der Waals surface area contributed by atoms with Crippen LogP contribution in [0.3, 0.4) is 0 Å². The van der Waals surface area contributed by atoms with Crippen LogP contribution < -0.4 is 0 Å². The van der Waals surface area contributed by atoms with Crippen LogP contribution in [0.15, 0.2) is 19.9 Å². The number of carbonyl (C=O) groups excluding carboxylic acids is 4. The van der Waals surface area contributed by atoms with Crippen molar-refractivity contribution in [2.24, 2.45) is 0 Å². The van der Waals surface area contributed by atoms with Crippen LogP contribution in [0.4, 0.5) is 0 Å². The Morgan fingerprint density at radius 1 is 0.615 bits per heavy atom. The van der Waals surface area contributed by atoms with Crippen molar-refractivity contribution in [2.45, 2.75) is 52.6 Å². The summed E-state index contributed by atoms with van der Waals surface area (Å²) in [5.41, 5.74) is -1.47. The summed E-state index contributed by atoms with van der Waals surface area (Å²) in [4.78, 5) is 51.8. The van der Waals surface area contributed by atoms with E-state index >= 15 is 0 Å². The number of rotatable bonds is 3. The van der Waals surface area contributed by atoms with Crippen LogP contribution in [-0.2, 0) is 19.2 Å². The average molecular weight is 437 g/mol. The third-order valence-electron chi connectivity index (χ3n) is 3.53. The van der Waals surface area contributed by atoms with Gasteiger partial charge in [-0.15, -0.1) is 0 Å². The van der Waals surface area contributed by atoms with E-state index in [9.17, 15) is 19.2 Å². The average Bonchev–Trinajstić information content (AvgIpc) is 2.80. The number of hydrogen-bond acceptors (Lipinski definition) is 6. The quantitative estimate of drug-likeness (QED) is 0.496. The van der Waals surface area contributed by atoms with Gasteiger partial charge in [-0.25, -0.2) is 0 Å². The fraction of sp³-hybridized carbons (Fsp3) is 0.500. The molecule has 0 saturated heterocycles. The lowest BCUT2D eigenvalue weighted by Crippen LogP contribution is -2.46. The van der Waals surface area contributed by atoms with Crippen molar-refractivity contribution in [3.63, 3.8) is 0 Å². The van der Waals surface area contributed by atoms with Gasteiger partial charge in [0.1, 0.15) is 19.9 Å². The van der Waals surface area contributed by atoms with Crippen molar-refractivity contribution in [1.82, 2.24) is 9.80 Å². The molecule has 2 aliphatic heterocycles. The molecule has 0 aromatic carbocycles. The minimum Gasteiger partial charge on any atom is -0.268 e. The number of amides is 4. The summed E-state index contributed by atoms with van der Waals surface area (Å²) in [5, 5.41) is -0.410. The highest BCUT2D eigenvalue weighted by Crippen LogP contribution is 2.47. The molecule has 2 rings (SSSR count). The van der Waals surface area contributed by atoms with Gasteiger partial charge in [-0.2, -0.15) is 0 Å². The zero-order chi connectivity index (χ0) is 20.2.